The average Bonchev–Trinajstić information content (AvgIpc) is 3.20. The number of carbonyl (C=O) groups excluding carboxylic acids is 2. The molecule has 0 aromatic heterocycles. The van der Waals surface area contributed by atoms with Crippen molar-refractivity contribution in [2.75, 3.05) is 6.54 Å². The SMILES string of the molecule is C=CC(=O)N1CCc2c(cccc2-c2c(F)cc(C(N)=O)c3c2-c2ccc(C(F)(F)F)cc2C3)C1. The Morgan fingerprint density at radius 1 is 1.00 bits per heavy atom. The monoisotopic (exact) mass is 480 g/mol. The molecule has 0 saturated heterocycles. The molecule has 2 amide bonds. The predicted octanol–water partition coefficient (Wildman–Crippen LogP) is 5.25. The number of hydrogen-bond acceptors (Lipinski definition) is 2. The summed E-state index contributed by atoms with van der Waals surface area (Å²) in [6.45, 7) is 4.28. The molecule has 0 atom stereocenters. The summed E-state index contributed by atoms with van der Waals surface area (Å²) in [7, 11) is 0. The number of primary amides is 1. The van der Waals surface area contributed by atoms with E-state index in [0.29, 0.717) is 47.3 Å². The van der Waals surface area contributed by atoms with Crippen LogP contribution in [0.2, 0.25) is 0 Å². The second kappa shape index (κ2) is 8.08. The second-order valence-corrected chi connectivity index (χ2v) is 8.70. The Morgan fingerprint density at radius 3 is 2.46 bits per heavy atom. The number of benzene rings is 3. The Hall–Kier alpha value is -3.94. The zero-order chi connectivity index (χ0) is 25.1. The number of nitrogens with two attached hydrogens (primary N) is 1. The minimum absolute atomic E-state index is 0.0385. The standard InChI is InChI=1S/C27H20F4N2O2/c1-2-23(34)33-9-8-17-14(13-33)4-3-5-19(17)25-22(28)12-21(26(32)35)20-11-15-10-16(27(29,30)31)6-7-18(15)24(20)25/h2-7,10,12H,1,8-9,11,13H2,(H2,32,35). The van der Waals surface area contributed by atoms with E-state index in [-0.39, 0.29) is 23.5 Å². The van der Waals surface area contributed by atoms with Crippen LogP contribution in [0.15, 0.2) is 55.1 Å². The first-order chi connectivity index (χ1) is 16.6. The van der Waals surface area contributed by atoms with E-state index in [0.717, 1.165) is 29.3 Å². The Kier molecular flexibility index (Phi) is 5.27. The number of carbonyl (C=O) groups is 2. The van der Waals surface area contributed by atoms with E-state index in [2.05, 4.69) is 6.58 Å². The van der Waals surface area contributed by atoms with Crippen LogP contribution in [0.4, 0.5) is 17.6 Å². The van der Waals surface area contributed by atoms with E-state index >= 15 is 4.39 Å². The summed E-state index contributed by atoms with van der Waals surface area (Å²) in [5.74, 6) is -1.72. The quantitative estimate of drug-likeness (QED) is 0.322. The molecule has 0 spiro atoms. The first-order valence-electron chi connectivity index (χ1n) is 11.0. The number of amides is 2. The zero-order valence-corrected chi connectivity index (χ0v) is 18.5. The molecule has 3 aromatic rings. The first kappa shape index (κ1) is 22.8. The van der Waals surface area contributed by atoms with Gasteiger partial charge in [-0.3, -0.25) is 9.59 Å². The maximum Gasteiger partial charge on any atom is 0.416 e. The highest BCUT2D eigenvalue weighted by Crippen LogP contribution is 2.48. The fraction of sp³-hybridized carbons (Fsp3) is 0.185. The second-order valence-electron chi connectivity index (χ2n) is 8.70. The Balaban J connectivity index is 1.73. The molecule has 1 heterocycles. The van der Waals surface area contributed by atoms with Gasteiger partial charge in [0.25, 0.3) is 0 Å². The van der Waals surface area contributed by atoms with Crippen LogP contribution in [0, 0.1) is 5.82 Å². The summed E-state index contributed by atoms with van der Waals surface area (Å²) in [6, 6.07) is 9.79. The third kappa shape index (κ3) is 3.69. The molecule has 0 bridgehead atoms. The van der Waals surface area contributed by atoms with E-state index < -0.39 is 23.5 Å². The third-order valence-electron chi connectivity index (χ3n) is 6.74. The number of alkyl halides is 3. The van der Waals surface area contributed by atoms with Crippen LogP contribution >= 0.6 is 0 Å². The molecule has 0 unspecified atom stereocenters. The lowest BCUT2D eigenvalue weighted by molar-refractivity contribution is -0.137. The molecule has 8 heteroatoms. The normalized spacial score (nSPS) is 14.2. The Morgan fingerprint density at radius 2 is 1.77 bits per heavy atom. The van der Waals surface area contributed by atoms with Gasteiger partial charge in [0, 0.05) is 24.2 Å². The van der Waals surface area contributed by atoms with Crippen molar-refractivity contribution < 1.29 is 27.2 Å². The fourth-order valence-electron chi connectivity index (χ4n) is 5.17. The molecular formula is C27H20F4N2O2. The molecule has 35 heavy (non-hydrogen) atoms. The lowest BCUT2D eigenvalue weighted by Gasteiger charge is -2.30. The topological polar surface area (TPSA) is 63.4 Å². The summed E-state index contributed by atoms with van der Waals surface area (Å²) >= 11 is 0. The lowest BCUT2D eigenvalue weighted by atomic mass is 9.85. The first-order valence-corrected chi connectivity index (χ1v) is 11.0. The molecular weight excluding hydrogens is 460 g/mol. The largest absolute Gasteiger partial charge is 0.416 e. The summed E-state index contributed by atoms with van der Waals surface area (Å²) in [5, 5.41) is 0. The molecule has 4 nitrogen and oxygen atoms in total. The van der Waals surface area contributed by atoms with Gasteiger partial charge in [-0.25, -0.2) is 4.39 Å². The maximum atomic E-state index is 15.7. The van der Waals surface area contributed by atoms with Crippen molar-refractivity contribution in [1.82, 2.24) is 4.90 Å². The minimum atomic E-state index is -4.53. The highest BCUT2D eigenvalue weighted by atomic mass is 19.4. The van der Waals surface area contributed by atoms with Crippen LogP contribution in [0.25, 0.3) is 22.3 Å². The van der Waals surface area contributed by atoms with Crippen LogP contribution in [0.5, 0.6) is 0 Å². The molecule has 0 fully saturated rings. The van der Waals surface area contributed by atoms with E-state index in [9.17, 15) is 22.8 Å². The molecule has 2 aliphatic rings. The molecule has 2 N–H and O–H groups in total. The maximum absolute atomic E-state index is 15.7. The van der Waals surface area contributed by atoms with Crippen molar-refractivity contribution >= 4 is 11.8 Å². The number of halogens is 4. The van der Waals surface area contributed by atoms with Crippen molar-refractivity contribution in [2.24, 2.45) is 5.73 Å². The van der Waals surface area contributed by atoms with Crippen molar-refractivity contribution in [3.05, 3.63) is 94.3 Å². The van der Waals surface area contributed by atoms with Crippen LogP contribution < -0.4 is 5.73 Å². The van der Waals surface area contributed by atoms with Gasteiger partial charge in [-0.2, -0.15) is 13.2 Å². The molecule has 178 valence electrons. The van der Waals surface area contributed by atoms with Crippen LogP contribution in [0.1, 0.15) is 38.2 Å². The summed E-state index contributed by atoms with van der Waals surface area (Å²) < 4.78 is 55.7. The van der Waals surface area contributed by atoms with Gasteiger partial charge in [0.1, 0.15) is 5.82 Å². The number of nitrogens with zero attached hydrogens (tertiary/aromatic N) is 1. The highest BCUT2D eigenvalue weighted by Gasteiger charge is 2.35. The molecule has 0 radical (unpaired) electrons. The zero-order valence-electron chi connectivity index (χ0n) is 18.5. The summed E-state index contributed by atoms with van der Waals surface area (Å²) in [5.41, 5.74) is 8.79. The van der Waals surface area contributed by atoms with E-state index in [1.165, 1.54) is 12.1 Å². The highest BCUT2D eigenvalue weighted by molar-refractivity contribution is 6.02. The van der Waals surface area contributed by atoms with Gasteiger partial charge in [0.2, 0.25) is 11.8 Å². The molecule has 3 aromatic carbocycles. The lowest BCUT2D eigenvalue weighted by Crippen LogP contribution is -2.35. The van der Waals surface area contributed by atoms with Crippen molar-refractivity contribution in [3.63, 3.8) is 0 Å². The Labute approximate surface area is 198 Å². The minimum Gasteiger partial charge on any atom is -0.366 e. The molecule has 0 saturated carbocycles. The predicted molar refractivity (Wildman–Crippen MR) is 123 cm³/mol. The molecule has 1 aliphatic heterocycles. The fourth-order valence-corrected chi connectivity index (χ4v) is 5.17. The van der Waals surface area contributed by atoms with Gasteiger partial charge in [-0.05, 0) is 76.1 Å². The van der Waals surface area contributed by atoms with E-state index in [1.54, 1.807) is 17.0 Å². The van der Waals surface area contributed by atoms with Gasteiger partial charge in [-0.15, -0.1) is 0 Å². The van der Waals surface area contributed by atoms with Gasteiger partial charge in [-0.1, -0.05) is 30.8 Å². The number of hydrogen-bond donors (Lipinski definition) is 1. The summed E-state index contributed by atoms with van der Waals surface area (Å²) in [6.07, 6.45) is -2.78. The van der Waals surface area contributed by atoms with Crippen molar-refractivity contribution in [1.29, 1.82) is 0 Å². The number of fused-ring (bicyclic) bond motifs is 4. The Bertz CT molecular complexity index is 1430. The third-order valence-corrected chi connectivity index (χ3v) is 6.74. The van der Waals surface area contributed by atoms with Crippen molar-refractivity contribution in [2.45, 2.75) is 25.6 Å². The summed E-state index contributed by atoms with van der Waals surface area (Å²) in [4.78, 5) is 25.9. The average molecular weight is 480 g/mol. The van der Waals surface area contributed by atoms with Gasteiger partial charge < -0.3 is 10.6 Å². The van der Waals surface area contributed by atoms with Crippen molar-refractivity contribution in [3.8, 4) is 22.3 Å². The molecule has 1 aliphatic carbocycles. The van der Waals surface area contributed by atoms with Crippen LogP contribution in [0.3, 0.4) is 0 Å². The van der Waals surface area contributed by atoms with E-state index in [4.69, 9.17) is 5.73 Å². The number of rotatable bonds is 3. The van der Waals surface area contributed by atoms with Gasteiger partial charge in [0.05, 0.1) is 5.56 Å². The van der Waals surface area contributed by atoms with Gasteiger partial charge in [0.15, 0.2) is 0 Å². The van der Waals surface area contributed by atoms with Gasteiger partial charge >= 0.3 is 6.18 Å². The molecule has 5 rings (SSSR count). The smallest absolute Gasteiger partial charge is 0.366 e. The van der Waals surface area contributed by atoms with Crippen LogP contribution in [-0.2, 0) is 30.4 Å². The van der Waals surface area contributed by atoms with Crippen LogP contribution in [-0.4, -0.2) is 23.3 Å². The van der Waals surface area contributed by atoms with E-state index in [1.807, 2.05) is 6.07 Å².